The molecule has 0 aliphatic carbocycles. The third kappa shape index (κ3) is 13.3. The van der Waals surface area contributed by atoms with Crippen molar-refractivity contribution in [3.8, 4) is 5.75 Å². The van der Waals surface area contributed by atoms with Crippen molar-refractivity contribution >= 4 is 51.7 Å². The number of benzene rings is 2. The van der Waals surface area contributed by atoms with Gasteiger partial charge < -0.3 is 19.5 Å². The summed E-state index contributed by atoms with van der Waals surface area (Å²) in [5.74, 6) is -1.51. The minimum Gasteiger partial charge on any atom is -0.494 e. The Bertz CT molecular complexity index is 1610. The molecule has 52 heavy (non-hydrogen) atoms. The van der Waals surface area contributed by atoms with Gasteiger partial charge in [-0.25, -0.2) is 4.79 Å². The van der Waals surface area contributed by atoms with Crippen LogP contribution in [0.4, 0.5) is 5.69 Å². The Morgan fingerprint density at radius 3 is 2.08 bits per heavy atom. The lowest BCUT2D eigenvalue weighted by molar-refractivity contribution is -0.170. The number of unbranched alkanes of at least 4 members (excludes halogenated alkanes) is 13. The van der Waals surface area contributed by atoms with Gasteiger partial charge in [-0.1, -0.05) is 113 Å². The van der Waals surface area contributed by atoms with Crippen LogP contribution >= 0.6 is 23.2 Å². The van der Waals surface area contributed by atoms with E-state index < -0.39 is 23.7 Å². The SMILES string of the molecule is CCCCCCCCCCCCCCCC(=O)OC(C(=O)O)n1c(=O)ccc2ccc(OCCCCN3CCN(c4cccc(Cl)c4Cl)CC3)cc21. The van der Waals surface area contributed by atoms with Gasteiger partial charge in [0.05, 0.1) is 27.9 Å². The van der Waals surface area contributed by atoms with Crippen LogP contribution in [0.25, 0.3) is 10.9 Å². The van der Waals surface area contributed by atoms with E-state index in [9.17, 15) is 19.5 Å². The molecule has 1 aromatic heterocycles. The van der Waals surface area contributed by atoms with Crippen LogP contribution in [0, 0.1) is 0 Å². The summed E-state index contributed by atoms with van der Waals surface area (Å²) in [5, 5.41) is 11.8. The highest BCUT2D eigenvalue weighted by molar-refractivity contribution is 6.43. The molecule has 0 amide bonds. The summed E-state index contributed by atoms with van der Waals surface area (Å²) < 4.78 is 12.5. The van der Waals surface area contributed by atoms with Gasteiger partial charge in [0, 0.05) is 44.7 Å². The van der Waals surface area contributed by atoms with Crippen LogP contribution in [0.2, 0.25) is 10.0 Å². The number of piperazine rings is 1. The zero-order valence-corrected chi connectivity index (χ0v) is 32.4. The number of hydrogen-bond acceptors (Lipinski definition) is 7. The first-order valence-corrected chi connectivity index (χ1v) is 20.2. The molecule has 1 fully saturated rings. The highest BCUT2D eigenvalue weighted by atomic mass is 35.5. The fourth-order valence-electron chi connectivity index (χ4n) is 6.83. The molecule has 1 saturated heterocycles. The maximum absolute atomic E-state index is 13.0. The molecular formula is C41H57Cl2N3O6. The number of pyridine rings is 1. The van der Waals surface area contributed by atoms with Gasteiger partial charge in [-0.15, -0.1) is 0 Å². The molecule has 4 rings (SSSR count). The van der Waals surface area contributed by atoms with Crippen molar-refractivity contribution in [3.05, 3.63) is 68.9 Å². The molecule has 0 saturated carbocycles. The molecule has 11 heteroatoms. The van der Waals surface area contributed by atoms with E-state index in [-0.39, 0.29) is 6.42 Å². The number of nitrogens with zero attached hydrogens (tertiary/aromatic N) is 3. The second-order valence-electron chi connectivity index (χ2n) is 13.9. The van der Waals surface area contributed by atoms with E-state index in [4.69, 9.17) is 32.7 Å². The van der Waals surface area contributed by atoms with Gasteiger partial charge >= 0.3 is 11.9 Å². The fourth-order valence-corrected chi connectivity index (χ4v) is 7.24. The van der Waals surface area contributed by atoms with Crippen molar-refractivity contribution in [2.24, 2.45) is 0 Å². The van der Waals surface area contributed by atoms with E-state index in [2.05, 4.69) is 16.7 Å². The van der Waals surface area contributed by atoms with Crippen LogP contribution in [-0.2, 0) is 14.3 Å². The normalized spacial score (nSPS) is 14.1. The number of rotatable bonds is 24. The van der Waals surface area contributed by atoms with Gasteiger partial charge in [-0.3, -0.25) is 19.1 Å². The van der Waals surface area contributed by atoms with Crippen LogP contribution in [0.1, 0.15) is 116 Å². The molecule has 0 bridgehead atoms. The molecule has 0 radical (unpaired) electrons. The van der Waals surface area contributed by atoms with Crippen molar-refractivity contribution in [2.45, 2.75) is 116 Å². The van der Waals surface area contributed by atoms with Crippen molar-refractivity contribution in [3.63, 3.8) is 0 Å². The molecule has 0 spiro atoms. The Balaban J connectivity index is 1.18. The number of ether oxygens (including phenoxy) is 2. The second kappa shape index (κ2) is 22.7. The first-order valence-electron chi connectivity index (χ1n) is 19.4. The van der Waals surface area contributed by atoms with Gasteiger partial charge in [0.25, 0.3) is 11.8 Å². The van der Waals surface area contributed by atoms with Crippen molar-refractivity contribution < 1.29 is 24.2 Å². The fraction of sp³-hybridized carbons (Fsp3) is 0.585. The molecular weight excluding hydrogens is 701 g/mol. The summed E-state index contributed by atoms with van der Waals surface area (Å²) in [6.45, 7) is 7.27. The minimum atomic E-state index is -1.77. The molecule has 1 aliphatic rings. The molecule has 3 aromatic rings. The number of hydrogen-bond donors (Lipinski definition) is 1. The van der Waals surface area contributed by atoms with Crippen molar-refractivity contribution in [1.82, 2.24) is 9.47 Å². The maximum atomic E-state index is 13.0. The number of anilines is 1. The third-order valence-corrected chi connectivity index (χ3v) is 10.7. The van der Waals surface area contributed by atoms with E-state index in [1.165, 1.54) is 63.9 Å². The Morgan fingerprint density at radius 2 is 1.42 bits per heavy atom. The summed E-state index contributed by atoms with van der Waals surface area (Å²) in [5.41, 5.74) is 0.744. The van der Waals surface area contributed by atoms with E-state index in [0.29, 0.717) is 39.7 Å². The Labute approximate surface area is 319 Å². The molecule has 1 N–H and O–H groups in total. The molecule has 9 nitrogen and oxygen atoms in total. The van der Waals surface area contributed by atoms with Crippen LogP contribution in [-0.4, -0.2) is 65.8 Å². The molecule has 1 atom stereocenters. The Hall–Kier alpha value is -3.27. The molecule has 2 heterocycles. The van der Waals surface area contributed by atoms with Gasteiger partial charge in [0.15, 0.2) is 0 Å². The standard InChI is InChI=1S/C41H57Cl2N3O6/c1-2-3-4-5-6-7-8-9-10-11-12-13-14-20-38(48)52-40(41(49)50)46-36-31-33(23-21-32(36)22-24-37(46)47)51-30-16-15-25-44-26-28-45(29-27-44)35-19-17-18-34(42)39(35)43/h17-19,21-24,31,40H,2-16,20,25-30H2,1H3,(H,49,50). The number of carbonyl (C=O) groups is 2. The lowest BCUT2D eigenvalue weighted by atomic mass is 10.0. The predicted molar refractivity (Wildman–Crippen MR) is 211 cm³/mol. The van der Waals surface area contributed by atoms with Gasteiger partial charge in [0.2, 0.25) is 0 Å². The molecule has 2 aromatic carbocycles. The first kappa shape index (κ1) is 41.5. The molecule has 1 aliphatic heterocycles. The van der Waals surface area contributed by atoms with Crippen LogP contribution in [0.15, 0.2) is 53.3 Å². The van der Waals surface area contributed by atoms with Gasteiger partial charge in [-0.2, -0.15) is 0 Å². The summed E-state index contributed by atoms with van der Waals surface area (Å²) in [4.78, 5) is 42.7. The number of carbonyl (C=O) groups excluding carboxylic acids is 1. The number of aliphatic carboxylic acids is 1. The topological polar surface area (TPSA) is 101 Å². The average molecular weight is 759 g/mol. The number of fused-ring (bicyclic) bond motifs is 1. The summed E-state index contributed by atoms with van der Waals surface area (Å²) >= 11 is 12.6. The number of aromatic nitrogens is 1. The molecule has 286 valence electrons. The minimum absolute atomic E-state index is 0.112. The van der Waals surface area contributed by atoms with Crippen LogP contribution in [0.5, 0.6) is 5.75 Å². The highest BCUT2D eigenvalue weighted by Crippen LogP contribution is 2.33. The number of halogens is 2. The van der Waals surface area contributed by atoms with Gasteiger partial charge in [-0.05, 0) is 61.5 Å². The zero-order chi connectivity index (χ0) is 37.1. The monoisotopic (exact) mass is 757 g/mol. The summed E-state index contributed by atoms with van der Waals surface area (Å²) in [6, 6.07) is 13.9. The third-order valence-electron chi connectivity index (χ3n) is 9.86. The Morgan fingerprint density at radius 1 is 0.788 bits per heavy atom. The smallest absolute Gasteiger partial charge is 0.367 e. The second-order valence-corrected chi connectivity index (χ2v) is 14.7. The van der Waals surface area contributed by atoms with Crippen LogP contribution in [0.3, 0.4) is 0 Å². The number of esters is 1. The predicted octanol–water partition coefficient (Wildman–Crippen LogP) is 9.90. The highest BCUT2D eigenvalue weighted by Gasteiger charge is 2.27. The maximum Gasteiger partial charge on any atom is 0.367 e. The summed E-state index contributed by atoms with van der Waals surface area (Å²) in [7, 11) is 0. The van der Waals surface area contributed by atoms with E-state index >= 15 is 0 Å². The van der Waals surface area contributed by atoms with Crippen molar-refractivity contribution in [2.75, 3.05) is 44.2 Å². The lowest BCUT2D eigenvalue weighted by Crippen LogP contribution is -2.46. The number of carboxylic acid groups (broad SMARTS) is 1. The van der Waals surface area contributed by atoms with Crippen LogP contribution < -0.4 is 15.2 Å². The lowest BCUT2D eigenvalue weighted by Gasteiger charge is -2.36. The largest absolute Gasteiger partial charge is 0.494 e. The number of carboxylic acids is 1. The first-order chi connectivity index (χ1) is 25.3. The van der Waals surface area contributed by atoms with E-state index in [1.54, 1.807) is 30.3 Å². The zero-order valence-electron chi connectivity index (χ0n) is 30.8. The Kier molecular flexibility index (Phi) is 18.1. The van der Waals surface area contributed by atoms with Gasteiger partial charge in [0.1, 0.15) is 5.75 Å². The van der Waals surface area contributed by atoms with E-state index in [0.717, 1.165) is 75.1 Å². The average Bonchev–Trinajstić information content (AvgIpc) is 3.14. The molecule has 1 unspecified atom stereocenters. The van der Waals surface area contributed by atoms with Crippen molar-refractivity contribution in [1.29, 1.82) is 0 Å². The quantitative estimate of drug-likeness (QED) is 0.0712. The van der Waals surface area contributed by atoms with E-state index in [1.807, 2.05) is 12.1 Å². The summed E-state index contributed by atoms with van der Waals surface area (Å²) in [6.07, 6.45) is 15.5.